The molecule has 5 fully saturated rings. The van der Waals surface area contributed by atoms with Crippen molar-refractivity contribution in [3.05, 3.63) is 0 Å². The molecule has 5 aliphatic rings. The summed E-state index contributed by atoms with van der Waals surface area (Å²) in [5.74, 6) is -0.324. The first kappa shape index (κ1) is 20.5. The summed E-state index contributed by atoms with van der Waals surface area (Å²) in [5.41, 5.74) is -2.16. The Bertz CT molecular complexity index is 759. The van der Waals surface area contributed by atoms with E-state index in [0.717, 1.165) is 39.0 Å². The number of hydrogen-bond acceptors (Lipinski definition) is 5. The van der Waals surface area contributed by atoms with Gasteiger partial charge in [-0.15, -0.1) is 0 Å². The van der Waals surface area contributed by atoms with Crippen molar-refractivity contribution in [3.8, 4) is 0 Å². The molecule has 0 amide bonds. The van der Waals surface area contributed by atoms with Gasteiger partial charge in [0.15, 0.2) is 6.10 Å². The Morgan fingerprint density at radius 3 is 2.18 bits per heavy atom. The number of hydrogen-bond donors (Lipinski definition) is 2. The molecular weight excluding hydrogens is 394 g/mol. The zero-order chi connectivity index (χ0) is 20.6. The van der Waals surface area contributed by atoms with Crippen LogP contribution in [0.4, 0.5) is 8.78 Å². The molecule has 5 aliphatic carbocycles. The summed E-state index contributed by atoms with van der Waals surface area (Å²) in [6.45, 7) is 0.784. The van der Waals surface area contributed by atoms with Crippen LogP contribution in [0.15, 0.2) is 0 Å². The lowest BCUT2D eigenvalue weighted by molar-refractivity contribution is -0.222. The maximum atomic E-state index is 13.9. The molecule has 3 unspecified atom stereocenters. The molecule has 0 spiro atoms. The van der Waals surface area contributed by atoms with Gasteiger partial charge in [-0.05, 0) is 70.1 Å². The maximum Gasteiger partial charge on any atom is 0.405 e. The monoisotopic (exact) mass is 422 g/mol. The zero-order valence-corrected chi connectivity index (χ0v) is 16.8. The molecule has 28 heavy (non-hydrogen) atoms. The van der Waals surface area contributed by atoms with Gasteiger partial charge in [0.2, 0.25) is 0 Å². The van der Waals surface area contributed by atoms with Crippen molar-refractivity contribution in [3.63, 3.8) is 0 Å². The summed E-state index contributed by atoms with van der Waals surface area (Å²) >= 11 is 0. The van der Waals surface area contributed by atoms with Gasteiger partial charge >= 0.3 is 21.3 Å². The molecule has 9 heteroatoms. The summed E-state index contributed by atoms with van der Waals surface area (Å²) < 4.78 is 63.4. The number of esters is 1. The van der Waals surface area contributed by atoms with Crippen LogP contribution in [0.1, 0.15) is 71.1 Å². The molecule has 0 heterocycles. The van der Waals surface area contributed by atoms with Gasteiger partial charge in [-0.1, -0.05) is 12.8 Å². The van der Waals surface area contributed by atoms with Crippen molar-refractivity contribution in [1.82, 2.24) is 0 Å². The lowest BCUT2D eigenvalue weighted by Gasteiger charge is -2.65. The van der Waals surface area contributed by atoms with Crippen molar-refractivity contribution in [2.24, 2.45) is 22.7 Å². The van der Waals surface area contributed by atoms with E-state index in [-0.39, 0.29) is 17.3 Å². The molecule has 6 nitrogen and oxygen atoms in total. The highest BCUT2D eigenvalue weighted by Gasteiger charge is 2.67. The summed E-state index contributed by atoms with van der Waals surface area (Å²) in [6.07, 6.45) is 5.17. The number of halogens is 2. The molecule has 160 valence electrons. The minimum atomic E-state index is -5.69. The standard InChI is InChI=1S/C19H28F2O6S/c1-12(19(20,21)28(24,25)26)27-15(22)16-7-13-6-14(8-16)10-17(9-13,11-16)18(23)4-2-3-5-18/h12-14,23H,2-11H2,1H3,(H,24,25,26). The van der Waals surface area contributed by atoms with Crippen LogP contribution in [0.2, 0.25) is 0 Å². The third kappa shape index (κ3) is 2.83. The first-order valence-electron chi connectivity index (χ1n) is 10.1. The van der Waals surface area contributed by atoms with E-state index in [1.165, 1.54) is 0 Å². The molecule has 5 saturated carbocycles. The molecule has 2 N–H and O–H groups in total. The van der Waals surface area contributed by atoms with E-state index in [1.54, 1.807) is 0 Å². The van der Waals surface area contributed by atoms with Crippen molar-refractivity contribution < 1.29 is 36.4 Å². The highest BCUT2D eigenvalue weighted by Crippen LogP contribution is 2.70. The van der Waals surface area contributed by atoms with Gasteiger partial charge in [0.1, 0.15) is 0 Å². The van der Waals surface area contributed by atoms with Crippen LogP contribution < -0.4 is 0 Å². The topological polar surface area (TPSA) is 101 Å². The largest absolute Gasteiger partial charge is 0.454 e. The molecule has 0 saturated heterocycles. The van der Waals surface area contributed by atoms with E-state index in [2.05, 4.69) is 0 Å². The number of carbonyl (C=O) groups excluding carboxylic acids is 1. The predicted octanol–water partition coefficient (Wildman–Crippen LogP) is 3.29. The highest BCUT2D eigenvalue weighted by molar-refractivity contribution is 7.86. The molecule has 3 atom stereocenters. The fourth-order valence-electron chi connectivity index (χ4n) is 7.10. The van der Waals surface area contributed by atoms with E-state index in [0.29, 0.717) is 32.1 Å². The Labute approximate surface area is 163 Å². The zero-order valence-electron chi connectivity index (χ0n) is 16.0. The molecule has 0 aromatic rings. The second-order valence-corrected chi connectivity index (χ2v) is 11.3. The quantitative estimate of drug-likeness (QED) is 0.521. The smallest absolute Gasteiger partial charge is 0.405 e. The SMILES string of the molecule is CC(OC(=O)C12CC3CC(C1)CC(C1(O)CCCC1)(C3)C2)C(F)(F)S(=O)(=O)O. The Hall–Kier alpha value is -0.800. The van der Waals surface area contributed by atoms with Crippen LogP contribution in [0, 0.1) is 22.7 Å². The van der Waals surface area contributed by atoms with E-state index < -0.39 is 38.5 Å². The Balaban J connectivity index is 1.60. The molecule has 5 rings (SSSR count). The van der Waals surface area contributed by atoms with Gasteiger partial charge in [-0.3, -0.25) is 9.35 Å². The van der Waals surface area contributed by atoms with Crippen LogP contribution >= 0.6 is 0 Å². The van der Waals surface area contributed by atoms with Crippen LogP contribution in [0.25, 0.3) is 0 Å². The van der Waals surface area contributed by atoms with Crippen molar-refractivity contribution >= 4 is 16.1 Å². The number of carbonyl (C=O) groups is 1. The van der Waals surface area contributed by atoms with Crippen LogP contribution in [-0.2, 0) is 19.6 Å². The molecule has 0 radical (unpaired) electrons. The van der Waals surface area contributed by atoms with Gasteiger partial charge in [0.05, 0.1) is 11.0 Å². The summed E-state index contributed by atoms with van der Waals surface area (Å²) in [6, 6.07) is 0. The molecule has 0 aromatic carbocycles. The Kier molecular flexibility index (Phi) is 4.46. The maximum absolute atomic E-state index is 13.9. The molecule has 4 bridgehead atoms. The van der Waals surface area contributed by atoms with E-state index in [1.807, 2.05) is 0 Å². The summed E-state index contributed by atoms with van der Waals surface area (Å²) in [5, 5.41) is 6.82. The lowest BCUT2D eigenvalue weighted by Crippen LogP contribution is -2.63. The van der Waals surface area contributed by atoms with E-state index in [4.69, 9.17) is 9.29 Å². The Morgan fingerprint density at radius 2 is 1.68 bits per heavy atom. The van der Waals surface area contributed by atoms with Crippen molar-refractivity contribution in [1.29, 1.82) is 0 Å². The van der Waals surface area contributed by atoms with Crippen LogP contribution in [-0.4, -0.2) is 41.0 Å². The number of aliphatic hydroxyl groups is 1. The fourth-order valence-corrected chi connectivity index (χ4v) is 7.57. The number of rotatable bonds is 5. The predicted molar refractivity (Wildman–Crippen MR) is 95.0 cm³/mol. The molecule has 0 aromatic heterocycles. The van der Waals surface area contributed by atoms with Gasteiger partial charge in [0, 0.05) is 5.41 Å². The fraction of sp³-hybridized carbons (Fsp3) is 0.947. The van der Waals surface area contributed by atoms with E-state index in [9.17, 15) is 27.1 Å². The third-order valence-electron chi connectivity index (χ3n) is 8.01. The summed E-state index contributed by atoms with van der Waals surface area (Å²) in [7, 11) is -5.69. The Morgan fingerprint density at radius 1 is 1.14 bits per heavy atom. The minimum absolute atomic E-state index is 0.246. The normalized spacial score (nSPS) is 40.5. The minimum Gasteiger partial charge on any atom is -0.454 e. The first-order chi connectivity index (χ1) is 12.8. The second kappa shape index (κ2) is 6.11. The third-order valence-corrected chi connectivity index (χ3v) is 9.03. The first-order valence-corrected chi connectivity index (χ1v) is 11.5. The second-order valence-electron chi connectivity index (χ2n) is 9.84. The number of ether oxygens (including phenoxy) is 1. The van der Waals surface area contributed by atoms with Crippen LogP contribution in [0.3, 0.4) is 0 Å². The lowest BCUT2D eigenvalue weighted by atomic mass is 9.40. The van der Waals surface area contributed by atoms with Gasteiger partial charge in [-0.2, -0.15) is 17.2 Å². The average Bonchev–Trinajstić information content (AvgIpc) is 3.01. The number of alkyl halides is 2. The van der Waals surface area contributed by atoms with Gasteiger partial charge in [-0.25, -0.2) is 0 Å². The van der Waals surface area contributed by atoms with Gasteiger partial charge in [0.25, 0.3) is 0 Å². The van der Waals surface area contributed by atoms with Crippen molar-refractivity contribution in [2.45, 2.75) is 88.1 Å². The van der Waals surface area contributed by atoms with Crippen LogP contribution in [0.5, 0.6) is 0 Å². The van der Waals surface area contributed by atoms with Crippen molar-refractivity contribution in [2.75, 3.05) is 0 Å². The molecular formula is C19H28F2O6S. The summed E-state index contributed by atoms with van der Waals surface area (Å²) in [4.78, 5) is 13.0. The highest BCUT2D eigenvalue weighted by atomic mass is 32.2. The molecule has 0 aliphatic heterocycles. The van der Waals surface area contributed by atoms with E-state index >= 15 is 0 Å². The van der Waals surface area contributed by atoms with Gasteiger partial charge < -0.3 is 9.84 Å². The average molecular weight is 422 g/mol.